The van der Waals surface area contributed by atoms with Crippen molar-refractivity contribution < 1.29 is 23.9 Å². The molecule has 6 nitrogen and oxygen atoms in total. The van der Waals surface area contributed by atoms with Gasteiger partial charge in [-0.2, -0.15) is 0 Å². The highest BCUT2D eigenvalue weighted by molar-refractivity contribution is 5.92. The molecule has 2 rings (SSSR count). The average molecular weight is 327 g/mol. The number of ether oxygens (including phenoxy) is 2. The van der Waals surface area contributed by atoms with Gasteiger partial charge < -0.3 is 14.8 Å². The van der Waals surface area contributed by atoms with E-state index in [4.69, 9.17) is 9.47 Å². The molecule has 6 heteroatoms. The minimum Gasteiger partial charge on any atom is -0.496 e. The highest BCUT2D eigenvalue weighted by atomic mass is 16.5. The Hall–Kier alpha value is -3.15. The Kier molecular flexibility index (Phi) is 6.08. The van der Waals surface area contributed by atoms with Gasteiger partial charge >= 0.3 is 5.97 Å². The Morgan fingerprint density at radius 2 is 1.79 bits per heavy atom. The lowest BCUT2D eigenvalue weighted by atomic mass is 10.1. The highest BCUT2D eigenvalue weighted by Gasteiger charge is 2.10. The van der Waals surface area contributed by atoms with E-state index in [0.717, 1.165) is 5.56 Å². The van der Waals surface area contributed by atoms with Crippen LogP contribution in [-0.2, 0) is 16.1 Å². The number of methoxy groups -OCH3 is 1. The summed E-state index contributed by atoms with van der Waals surface area (Å²) in [7, 11) is 1.55. The van der Waals surface area contributed by atoms with Gasteiger partial charge in [0.2, 0.25) is 0 Å². The van der Waals surface area contributed by atoms with E-state index in [9.17, 15) is 14.4 Å². The second kappa shape index (κ2) is 8.47. The van der Waals surface area contributed by atoms with Crippen molar-refractivity contribution in [3.8, 4) is 5.75 Å². The van der Waals surface area contributed by atoms with Crippen LogP contribution in [0.25, 0.3) is 0 Å². The standard InChI is InChI=1S/C18H17NO5/c1-23-16-5-3-2-4-15(16)10-19-17(21)12-24-18(22)14-8-6-13(11-20)7-9-14/h2-9,11H,10,12H2,1H3,(H,19,21). The summed E-state index contributed by atoms with van der Waals surface area (Å²) in [6.07, 6.45) is 0.681. The van der Waals surface area contributed by atoms with Crippen LogP contribution in [0, 0.1) is 0 Å². The molecule has 0 aromatic heterocycles. The SMILES string of the molecule is COc1ccccc1CNC(=O)COC(=O)c1ccc(C=O)cc1. The van der Waals surface area contributed by atoms with E-state index in [-0.39, 0.29) is 18.7 Å². The van der Waals surface area contributed by atoms with Crippen LogP contribution in [0.5, 0.6) is 5.75 Å². The summed E-state index contributed by atoms with van der Waals surface area (Å²) >= 11 is 0. The zero-order valence-corrected chi connectivity index (χ0v) is 13.2. The molecule has 0 spiro atoms. The highest BCUT2D eigenvalue weighted by Crippen LogP contribution is 2.16. The van der Waals surface area contributed by atoms with Crippen LogP contribution in [0.2, 0.25) is 0 Å². The Labute approximate surface area is 139 Å². The number of esters is 1. The van der Waals surface area contributed by atoms with E-state index in [1.165, 1.54) is 24.3 Å². The van der Waals surface area contributed by atoms with Crippen molar-refractivity contribution in [1.82, 2.24) is 5.32 Å². The minimum atomic E-state index is -0.625. The second-order valence-corrected chi connectivity index (χ2v) is 4.90. The largest absolute Gasteiger partial charge is 0.496 e. The topological polar surface area (TPSA) is 81.7 Å². The lowest BCUT2D eigenvalue weighted by molar-refractivity contribution is -0.124. The van der Waals surface area contributed by atoms with E-state index >= 15 is 0 Å². The summed E-state index contributed by atoms with van der Waals surface area (Å²) in [6, 6.07) is 13.3. The van der Waals surface area contributed by atoms with Gasteiger partial charge in [-0.15, -0.1) is 0 Å². The van der Waals surface area contributed by atoms with Crippen molar-refractivity contribution in [2.24, 2.45) is 0 Å². The molecular weight excluding hydrogens is 310 g/mol. The Bertz CT molecular complexity index is 724. The molecule has 2 aromatic carbocycles. The molecular formula is C18H17NO5. The van der Waals surface area contributed by atoms with Crippen LogP contribution in [0.1, 0.15) is 26.3 Å². The fraction of sp³-hybridized carbons (Fsp3) is 0.167. The number of rotatable bonds is 7. The van der Waals surface area contributed by atoms with Gasteiger partial charge in [-0.3, -0.25) is 9.59 Å². The zero-order chi connectivity index (χ0) is 17.4. The Morgan fingerprint density at radius 1 is 1.08 bits per heavy atom. The molecule has 0 aliphatic carbocycles. The first kappa shape index (κ1) is 17.2. The lowest BCUT2D eigenvalue weighted by Crippen LogP contribution is -2.28. The molecule has 0 fully saturated rings. The number of carbonyl (C=O) groups is 3. The van der Waals surface area contributed by atoms with Gasteiger partial charge in [0.15, 0.2) is 6.61 Å². The number of hydrogen-bond acceptors (Lipinski definition) is 5. The van der Waals surface area contributed by atoms with Crippen molar-refractivity contribution >= 4 is 18.2 Å². The van der Waals surface area contributed by atoms with E-state index in [2.05, 4.69) is 5.32 Å². The van der Waals surface area contributed by atoms with Gasteiger partial charge in [0.1, 0.15) is 12.0 Å². The normalized spacial score (nSPS) is 9.88. The van der Waals surface area contributed by atoms with Crippen LogP contribution >= 0.6 is 0 Å². The molecule has 0 atom stereocenters. The lowest BCUT2D eigenvalue weighted by Gasteiger charge is -2.10. The van der Waals surface area contributed by atoms with Gasteiger partial charge in [0.25, 0.3) is 5.91 Å². The molecule has 0 aliphatic rings. The van der Waals surface area contributed by atoms with E-state index in [1.807, 2.05) is 18.2 Å². The first-order valence-corrected chi connectivity index (χ1v) is 7.25. The maximum absolute atomic E-state index is 11.8. The second-order valence-electron chi connectivity index (χ2n) is 4.90. The van der Waals surface area contributed by atoms with Gasteiger partial charge in [0, 0.05) is 17.7 Å². The summed E-state index contributed by atoms with van der Waals surface area (Å²) in [5, 5.41) is 2.66. The van der Waals surface area contributed by atoms with Crippen molar-refractivity contribution in [1.29, 1.82) is 0 Å². The summed E-state index contributed by atoms with van der Waals surface area (Å²) in [5.74, 6) is -0.372. The van der Waals surface area contributed by atoms with Gasteiger partial charge in [-0.1, -0.05) is 30.3 Å². The third kappa shape index (κ3) is 4.67. The molecule has 124 valence electrons. The third-order valence-corrected chi connectivity index (χ3v) is 3.29. The molecule has 1 N–H and O–H groups in total. The van der Waals surface area contributed by atoms with Crippen LogP contribution in [0.15, 0.2) is 48.5 Å². The van der Waals surface area contributed by atoms with E-state index < -0.39 is 11.9 Å². The average Bonchev–Trinajstić information content (AvgIpc) is 2.64. The van der Waals surface area contributed by atoms with Gasteiger partial charge in [-0.25, -0.2) is 4.79 Å². The smallest absolute Gasteiger partial charge is 0.338 e. The summed E-state index contributed by atoms with van der Waals surface area (Å²) < 4.78 is 10.1. The summed E-state index contributed by atoms with van der Waals surface area (Å²) in [5.41, 5.74) is 1.56. The monoisotopic (exact) mass is 327 g/mol. The molecule has 0 saturated carbocycles. The molecule has 0 heterocycles. The predicted octanol–water partition coefficient (Wildman–Crippen LogP) is 1.98. The Balaban J connectivity index is 1.82. The van der Waals surface area contributed by atoms with Gasteiger partial charge in [0.05, 0.1) is 12.7 Å². The quantitative estimate of drug-likeness (QED) is 0.621. The number of benzene rings is 2. The van der Waals surface area contributed by atoms with Crippen LogP contribution in [0.4, 0.5) is 0 Å². The van der Waals surface area contributed by atoms with Crippen molar-refractivity contribution in [2.75, 3.05) is 13.7 Å². The first-order chi connectivity index (χ1) is 11.6. The maximum Gasteiger partial charge on any atom is 0.338 e. The Morgan fingerprint density at radius 3 is 2.46 bits per heavy atom. The number of amides is 1. The van der Waals surface area contributed by atoms with Crippen LogP contribution in [0.3, 0.4) is 0 Å². The van der Waals surface area contributed by atoms with Crippen LogP contribution < -0.4 is 10.1 Å². The molecule has 0 radical (unpaired) electrons. The fourth-order valence-electron chi connectivity index (χ4n) is 2.01. The molecule has 0 aliphatic heterocycles. The third-order valence-electron chi connectivity index (χ3n) is 3.29. The predicted molar refractivity (Wildman–Crippen MR) is 87.0 cm³/mol. The molecule has 0 saturated heterocycles. The number of nitrogens with one attached hydrogen (secondary N) is 1. The number of carbonyl (C=O) groups excluding carboxylic acids is 3. The van der Waals surface area contributed by atoms with Crippen molar-refractivity contribution in [2.45, 2.75) is 6.54 Å². The summed E-state index contributed by atoms with van der Waals surface area (Å²) in [4.78, 5) is 34.1. The molecule has 0 unspecified atom stereocenters. The maximum atomic E-state index is 11.8. The minimum absolute atomic E-state index is 0.272. The number of hydrogen-bond donors (Lipinski definition) is 1. The first-order valence-electron chi connectivity index (χ1n) is 7.25. The van der Waals surface area contributed by atoms with Crippen LogP contribution in [-0.4, -0.2) is 31.9 Å². The number of aldehydes is 1. The van der Waals surface area contributed by atoms with Gasteiger partial charge in [-0.05, 0) is 18.2 Å². The molecule has 24 heavy (non-hydrogen) atoms. The van der Waals surface area contributed by atoms with Crippen molar-refractivity contribution in [3.63, 3.8) is 0 Å². The van der Waals surface area contributed by atoms with E-state index in [0.29, 0.717) is 17.6 Å². The summed E-state index contributed by atoms with van der Waals surface area (Å²) in [6.45, 7) is -0.113. The molecule has 0 bridgehead atoms. The molecule has 2 aromatic rings. The number of para-hydroxylation sites is 1. The zero-order valence-electron chi connectivity index (χ0n) is 13.2. The molecule has 1 amide bonds. The van der Waals surface area contributed by atoms with Crippen molar-refractivity contribution in [3.05, 3.63) is 65.2 Å². The fourth-order valence-corrected chi connectivity index (χ4v) is 2.01. The van der Waals surface area contributed by atoms with E-state index in [1.54, 1.807) is 13.2 Å².